The summed E-state index contributed by atoms with van der Waals surface area (Å²) >= 11 is 0. The highest BCUT2D eigenvalue weighted by atomic mass is 14.9. The van der Waals surface area contributed by atoms with Crippen LogP contribution in [0.15, 0.2) is 0 Å². The lowest BCUT2D eigenvalue weighted by Crippen LogP contribution is -2.24. The van der Waals surface area contributed by atoms with Crippen LogP contribution in [0, 0.1) is 0 Å². The molecular weight excluding hydrogens is 458 g/mol. The molecular formula is C37H77N. The van der Waals surface area contributed by atoms with E-state index in [-0.39, 0.29) is 0 Å². The molecule has 0 heterocycles. The van der Waals surface area contributed by atoms with Crippen LogP contribution in [0.1, 0.15) is 226 Å². The van der Waals surface area contributed by atoms with Crippen molar-refractivity contribution < 1.29 is 0 Å². The van der Waals surface area contributed by atoms with Gasteiger partial charge in [0.15, 0.2) is 0 Å². The summed E-state index contributed by atoms with van der Waals surface area (Å²) in [6, 6.07) is 0.767. The van der Waals surface area contributed by atoms with E-state index in [1.165, 1.54) is 212 Å². The van der Waals surface area contributed by atoms with Crippen LogP contribution in [0.2, 0.25) is 0 Å². The van der Waals surface area contributed by atoms with Crippen LogP contribution in [-0.2, 0) is 0 Å². The summed E-state index contributed by atoms with van der Waals surface area (Å²) in [5.74, 6) is 0. The highest BCUT2D eigenvalue weighted by Gasteiger charge is 2.05. The predicted octanol–water partition coefficient (Wildman–Crippen LogP) is 13.5. The molecule has 0 amide bonds. The molecule has 0 aliphatic rings. The molecule has 1 N–H and O–H groups in total. The molecule has 0 aromatic heterocycles. The molecule has 1 atom stereocenters. The van der Waals surface area contributed by atoms with E-state index < -0.39 is 0 Å². The Morgan fingerprint density at radius 2 is 0.474 bits per heavy atom. The Labute approximate surface area is 243 Å². The SMILES string of the molecule is CCCCCCCCCCCCCCCCCCC(CCCCCCCCCCCCCCCCC)NC. The average molecular weight is 536 g/mol. The van der Waals surface area contributed by atoms with Crippen molar-refractivity contribution in [3.63, 3.8) is 0 Å². The van der Waals surface area contributed by atoms with Crippen LogP contribution >= 0.6 is 0 Å². The molecule has 0 saturated heterocycles. The van der Waals surface area contributed by atoms with Gasteiger partial charge < -0.3 is 5.32 Å². The van der Waals surface area contributed by atoms with E-state index in [4.69, 9.17) is 0 Å². The minimum absolute atomic E-state index is 0.767. The van der Waals surface area contributed by atoms with E-state index in [0.717, 1.165) is 6.04 Å². The van der Waals surface area contributed by atoms with Gasteiger partial charge in [-0.1, -0.05) is 213 Å². The second-order valence-electron chi connectivity index (χ2n) is 12.8. The summed E-state index contributed by atoms with van der Waals surface area (Å²) < 4.78 is 0. The summed E-state index contributed by atoms with van der Waals surface area (Å²) in [6.07, 6.45) is 48.2. The Morgan fingerprint density at radius 1 is 0.289 bits per heavy atom. The number of hydrogen-bond donors (Lipinski definition) is 1. The molecule has 0 fully saturated rings. The Hall–Kier alpha value is -0.0400. The molecule has 0 saturated carbocycles. The molecule has 0 spiro atoms. The zero-order valence-corrected chi connectivity index (χ0v) is 27.4. The maximum absolute atomic E-state index is 3.60. The molecule has 0 aromatic rings. The van der Waals surface area contributed by atoms with Crippen molar-refractivity contribution in [1.29, 1.82) is 0 Å². The van der Waals surface area contributed by atoms with Crippen molar-refractivity contribution in [3.8, 4) is 0 Å². The van der Waals surface area contributed by atoms with E-state index in [2.05, 4.69) is 26.2 Å². The molecule has 0 bridgehead atoms. The van der Waals surface area contributed by atoms with Gasteiger partial charge in [-0.15, -0.1) is 0 Å². The number of hydrogen-bond acceptors (Lipinski definition) is 1. The molecule has 0 rings (SSSR count). The normalized spacial score (nSPS) is 12.4. The lowest BCUT2D eigenvalue weighted by atomic mass is 9.99. The molecule has 1 unspecified atom stereocenters. The number of nitrogens with one attached hydrogen (secondary N) is 1. The Kier molecular flexibility index (Phi) is 35.0. The van der Waals surface area contributed by atoms with Crippen LogP contribution < -0.4 is 5.32 Å². The predicted molar refractivity (Wildman–Crippen MR) is 177 cm³/mol. The molecule has 1 heteroatoms. The van der Waals surface area contributed by atoms with Crippen LogP contribution in [0.3, 0.4) is 0 Å². The van der Waals surface area contributed by atoms with Gasteiger partial charge in [0.25, 0.3) is 0 Å². The highest BCUT2D eigenvalue weighted by Crippen LogP contribution is 2.17. The van der Waals surface area contributed by atoms with Crippen molar-refractivity contribution in [2.75, 3.05) is 7.05 Å². The van der Waals surface area contributed by atoms with Crippen molar-refractivity contribution in [2.24, 2.45) is 0 Å². The summed E-state index contributed by atoms with van der Waals surface area (Å²) in [4.78, 5) is 0. The third-order valence-corrected chi connectivity index (χ3v) is 8.97. The van der Waals surface area contributed by atoms with Gasteiger partial charge in [-0.3, -0.25) is 0 Å². The maximum Gasteiger partial charge on any atom is 0.00640 e. The number of rotatable bonds is 34. The van der Waals surface area contributed by atoms with Crippen molar-refractivity contribution in [2.45, 2.75) is 232 Å². The van der Waals surface area contributed by atoms with Crippen molar-refractivity contribution in [3.05, 3.63) is 0 Å². The topological polar surface area (TPSA) is 12.0 Å². The smallest absolute Gasteiger partial charge is 0.00640 e. The van der Waals surface area contributed by atoms with Crippen molar-refractivity contribution in [1.82, 2.24) is 5.32 Å². The second-order valence-corrected chi connectivity index (χ2v) is 12.8. The van der Waals surface area contributed by atoms with Gasteiger partial charge in [0.1, 0.15) is 0 Å². The average Bonchev–Trinajstić information content (AvgIpc) is 2.93. The third kappa shape index (κ3) is 32.2. The zero-order chi connectivity index (χ0) is 27.6. The highest BCUT2D eigenvalue weighted by molar-refractivity contribution is 4.65. The maximum atomic E-state index is 3.60. The first kappa shape index (κ1) is 38.0. The largest absolute Gasteiger partial charge is 0.317 e. The minimum Gasteiger partial charge on any atom is -0.317 e. The first-order chi connectivity index (χ1) is 18.8. The first-order valence-electron chi connectivity index (χ1n) is 18.5. The molecule has 230 valence electrons. The van der Waals surface area contributed by atoms with Gasteiger partial charge >= 0.3 is 0 Å². The number of unbranched alkanes of at least 4 members (excludes halogenated alkanes) is 29. The molecule has 1 nitrogen and oxygen atoms in total. The molecule has 0 radical (unpaired) electrons. The van der Waals surface area contributed by atoms with Gasteiger partial charge in [0.05, 0.1) is 0 Å². The lowest BCUT2D eigenvalue weighted by Gasteiger charge is -2.16. The standard InChI is InChI=1S/C37H77N/c1-4-6-8-10-12-14-16-18-20-22-24-26-28-30-32-34-36-37(38-3)35-33-31-29-27-25-23-21-19-17-15-13-11-9-7-5-2/h37-38H,4-36H2,1-3H3. The van der Waals surface area contributed by atoms with Gasteiger partial charge in [-0.05, 0) is 19.9 Å². The molecule has 38 heavy (non-hydrogen) atoms. The van der Waals surface area contributed by atoms with Gasteiger partial charge in [-0.25, -0.2) is 0 Å². The molecule has 0 aromatic carbocycles. The van der Waals surface area contributed by atoms with E-state index in [9.17, 15) is 0 Å². The fraction of sp³-hybridized carbons (Fsp3) is 1.00. The van der Waals surface area contributed by atoms with Crippen LogP contribution in [-0.4, -0.2) is 13.1 Å². The van der Waals surface area contributed by atoms with Crippen LogP contribution in [0.4, 0.5) is 0 Å². The summed E-state index contributed by atoms with van der Waals surface area (Å²) in [5, 5.41) is 3.60. The van der Waals surface area contributed by atoms with Crippen LogP contribution in [0.25, 0.3) is 0 Å². The van der Waals surface area contributed by atoms with E-state index in [0.29, 0.717) is 0 Å². The molecule has 0 aliphatic carbocycles. The first-order valence-corrected chi connectivity index (χ1v) is 18.5. The monoisotopic (exact) mass is 536 g/mol. The summed E-state index contributed by atoms with van der Waals surface area (Å²) in [5.41, 5.74) is 0. The Bertz CT molecular complexity index is 392. The minimum atomic E-state index is 0.767. The van der Waals surface area contributed by atoms with Crippen LogP contribution in [0.5, 0.6) is 0 Å². The Morgan fingerprint density at radius 3 is 0.658 bits per heavy atom. The van der Waals surface area contributed by atoms with E-state index in [1.54, 1.807) is 0 Å². The van der Waals surface area contributed by atoms with E-state index >= 15 is 0 Å². The van der Waals surface area contributed by atoms with Gasteiger partial charge in [-0.2, -0.15) is 0 Å². The third-order valence-electron chi connectivity index (χ3n) is 8.97. The molecule has 0 aliphatic heterocycles. The lowest BCUT2D eigenvalue weighted by molar-refractivity contribution is 0.434. The summed E-state index contributed by atoms with van der Waals surface area (Å²) in [6.45, 7) is 4.62. The quantitative estimate of drug-likeness (QED) is 0.0808. The van der Waals surface area contributed by atoms with Crippen molar-refractivity contribution >= 4 is 0 Å². The zero-order valence-electron chi connectivity index (χ0n) is 27.4. The summed E-state index contributed by atoms with van der Waals surface area (Å²) in [7, 11) is 2.18. The van der Waals surface area contributed by atoms with E-state index in [1.807, 2.05) is 0 Å². The fourth-order valence-electron chi connectivity index (χ4n) is 6.13. The fourth-order valence-corrected chi connectivity index (χ4v) is 6.13. The van der Waals surface area contributed by atoms with Gasteiger partial charge in [0, 0.05) is 6.04 Å². The second kappa shape index (κ2) is 35.0. The van der Waals surface area contributed by atoms with Gasteiger partial charge in [0.2, 0.25) is 0 Å². The Balaban J connectivity index is 3.25.